The van der Waals surface area contributed by atoms with Crippen LogP contribution in [0.25, 0.3) is 5.69 Å². The van der Waals surface area contributed by atoms with Gasteiger partial charge < -0.3 is 10.5 Å². The predicted molar refractivity (Wildman–Crippen MR) is 79.6 cm³/mol. The first-order valence-corrected chi connectivity index (χ1v) is 6.76. The monoisotopic (exact) mass is 335 g/mol. The molecular weight excluding hydrogens is 324 g/mol. The minimum atomic E-state index is -3.11. The van der Waals surface area contributed by atoms with Crippen molar-refractivity contribution in [2.75, 3.05) is 5.73 Å². The summed E-state index contributed by atoms with van der Waals surface area (Å²) in [4.78, 5) is 35.8. The molecule has 24 heavy (non-hydrogen) atoms. The van der Waals surface area contributed by atoms with Crippen molar-refractivity contribution in [3.05, 3.63) is 51.3 Å². The summed E-state index contributed by atoms with van der Waals surface area (Å²) in [6.45, 7) is -1.45. The zero-order valence-electron chi connectivity index (χ0n) is 12.3. The molecule has 1 aromatic carbocycles. The fourth-order valence-corrected chi connectivity index (χ4v) is 2.52. The second kappa shape index (κ2) is 5.44. The van der Waals surface area contributed by atoms with Gasteiger partial charge in [-0.25, -0.2) is 0 Å². The van der Waals surface area contributed by atoms with Crippen LogP contribution in [0.4, 0.5) is 14.6 Å². The number of hydrogen-bond donors (Lipinski definition) is 2. The van der Waals surface area contributed by atoms with Crippen LogP contribution in [0.15, 0.2) is 29.1 Å². The van der Waals surface area contributed by atoms with Gasteiger partial charge in [-0.15, -0.1) is 0 Å². The molecule has 1 aliphatic heterocycles. The number of anilines is 1. The maximum Gasteiger partial charge on any atom is 0.387 e. The van der Waals surface area contributed by atoms with E-state index >= 15 is 0 Å². The molecule has 0 bridgehead atoms. The summed E-state index contributed by atoms with van der Waals surface area (Å²) in [6, 6.07) is 5.17. The highest BCUT2D eigenvalue weighted by molar-refractivity contribution is 6.23. The maximum atomic E-state index is 12.6. The maximum absolute atomic E-state index is 12.6. The lowest BCUT2D eigenvalue weighted by molar-refractivity contribution is -0.0498. The molecule has 7 nitrogen and oxygen atoms in total. The summed E-state index contributed by atoms with van der Waals surface area (Å²) >= 11 is 0. The summed E-state index contributed by atoms with van der Waals surface area (Å²) in [7, 11) is 0. The van der Waals surface area contributed by atoms with Gasteiger partial charge in [0, 0.05) is 6.07 Å². The zero-order chi connectivity index (χ0) is 17.6. The minimum absolute atomic E-state index is 0.0571. The smallest absolute Gasteiger partial charge is 0.387 e. The Balaban J connectivity index is 2.29. The molecule has 0 aliphatic carbocycles. The second-order valence-electron chi connectivity index (χ2n) is 5.12. The molecule has 0 saturated heterocycles. The Bertz CT molecular complexity index is 937. The summed E-state index contributed by atoms with van der Waals surface area (Å²) in [5, 5.41) is 2.02. The van der Waals surface area contributed by atoms with Gasteiger partial charge in [0.25, 0.3) is 17.4 Å². The summed E-state index contributed by atoms with van der Waals surface area (Å²) in [5.74, 6) is -2.10. The number of nitrogen functional groups attached to an aromatic ring is 1. The fraction of sp³-hybridized carbons (Fsp3) is 0.133. The Labute approximate surface area is 133 Å². The number of alkyl halides is 2. The molecule has 0 radical (unpaired) electrons. The molecule has 1 aromatic heterocycles. The molecule has 0 atom stereocenters. The van der Waals surface area contributed by atoms with E-state index in [1.54, 1.807) is 13.0 Å². The van der Waals surface area contributed by atoms with Crippen molar-refractivity contribution in [3.8, 4) is 11.4 Å². The third-order valence-electron chi connectivity index (χ3n) is 3.53. The van der Waals surface area contributed by atoms with Crippen molar-refractivity contribution in [1.29, 1.82) is 0 Å². The number of carbonyl (C=O) groups excluding carboxylic acids is 2. The highest BCUT2D eigenvalue weighted by atomic mass is 19.3. The van der Waals surface area contributed by atoms with Crippen LogP contribution in [0.2, 0.25) is 0 Å². The molecule has 124 valence electrons. The number of rotatable bonds is 3. The molecular formula is C15H11F2N3O4. The van der Waals surface area contributed by atoms with Crippen molar-refractivity contribution in [2.24, 2.45) is 0 Å². The number of pyridine rings is 1. The molecule has 0 unspecified atom stereocenters. The van der Waals surface area contributed by atoms with E-state index in [2.05, 4.69) is 4.74 Å². The van der Waals surface area contributed by atoms with E-state index in [1.807, 2.05) is 5.32 Å². The number of benzene rings is 1. The third kappa shape index (κ3) is 2.39. The van der Waals surface area contributed by atoms with E-state index in [9.17, 15) is 23.2 Å². The number of amides is 2. The van der Waals surface area contributed by atoms with Gasteiger partial charge in [-0.1, -0.05) is 6.07 Å². The van der Waals surface area contributed by atoms with E-state index in [4.69, 9.17) is 5.73 Å². The van der Waals surface area contributed by atoms with Gasteiger partial charge in [0.1, 0.15) is 5.82 Å². The highest BCUT2D eigenvalue weighted by Crippen LogP contribution is 2.29. The number of fused-ring (bicyclic) bond motifs is 1. The van der Waals surface area contributed by atoms with E-state index in [-0.39, 0.29) is 28.4 Å². The largest absolute Gasteiger partial charge is 0.433 e. The number of aromatic nitrogens is 1. The van der Waals surface area contributed by atoms with Crippen LogP contribution >= 0.6 is 0 Å². The predicted octanol–water partition coefficient (Wildman–Crippen LogP) is 1.21. The molecule has 1 aliphatic rings. The van der Waals surface area contributed by atoms with Crippen molar-refractivity contribution in [2.45, 2.75) is 13.5 Å². The van der Waals surface area contributed by atoms with Crippen LogP contribution in [-0.2, 0) is 0 Å². The lowest BCUT2D eigenvalue weighted by atomic mass is 10.1. The molecule has 0 fully saturated rings. The van der Waals surface area contributed by atoms with Crippen LogP contribution in [0.5, 0.6) is 5.75 Å². The molecule has 0 saturated carbocycles. The van der Waals surface area contributed by atoms with Gasteiger partial charge in [-0.2, -0.15) is 8.78 Å². The van der Waals surface area contributed by atoms with Gasteiger partial charge >= 0.3 is 6.61 Å². The number of halogens is 2. The topological polar surface area (TPSA) is 103 Å². The summed E-state index contributed by atoms with van der Waals surface area (Å²) in [5.41, 5.74) is 5.35. The van der Waals surface area contributed by atoms with Crippen molar-refractivity contribution < 1.29 is 23.1 Å². The summed E-state index contributed by atoms with van der Waals surface area (Å²) < 4.78 is 30.6. The first-order chi connectivity index (χ1) is 11.3. The van der Waals surface area contributed by atoms with E-state index in [0.717, 1.165) is 10.6 Å². The van der Waals surface area contributed by atoms with Gasteiger partial charge in [0.05, 0.1) is 16.8 Å². The summed E-state index contributed by atoms with van der Waals surface area (Å²) in [6.07, 6.45) is 0. The van der Waals surface area contributed by atoms with Gasteiger partial charge in [0.2, 0.25) is 0 Å². The van der Waals surface area contributed by atoms with E-state index in [0.29, 0.717) is 5.56 Å². The molecule has 2 aromatic rings. The number of aryl methyl sites for hydroxylation is 1. The molecule has 9 heteroatoms. The van der Waals surface area contributed by atoms with Gasteiger partial charge in [-0.3, -0.25) is 24.3 Å². The van der Waals surface area contributed by atoms with Gasteiger partial charge in [-0.05, 0) is 24.6 Å². The average Bonchev–Trinajstić information content (AvgIpc) is 2.75. The number of nitrogens with one attached hydrogen (secondary N) is 1. The van der Waals surface area contributed by atoms with Crippen LogP contribution in [0, 0.1) is 6.92 Å². The quantitative estimate of drug-likeness (QED) is 0.821. The standard InChI is InChI=1S/C15H11F2N3O4/c1-6-2-3-8(9(4-6)24-15(16)17)20-10(21)5-7-11(12(20)18)14(23)19-13(7)22/h2-5,15H,18H2,1H3,(H,19,22,23). The van der Waals surface area contributed by atoms with Crippen LogP contribution in [-0.4, -0.2) is 23.0 Å². The number of imide groups is 1. The molecule has 0 spiro atoms. The van der Waals surface area contributed by atoms with Crippen molar-refractivity contribution in [3.63, 3.8) is 0 Å². The normalized spacial score (nSPS) is 13.2. The number of nitrogens with two attached hydrogens (primary N) is 1. The Kier molecular flexibility index (Phi) is 3.55. The Morgan fingerprint density at radius 2 is 1.88 bits per heavy atom. The van der Waals surface area contributed by atoms with Gasteiger partial charge in [0.15, 0.2) is 5.75 Å². The molecule has 3 N–H and O–H groups in total. The second-order valence-corrected chi connectivity index (χ2v) is 5.12. The lowest BCUT2D eigenvalue weighted by Gasteiger charge is -2.16. The minimum Gasteiger partial charge on any atom is -0.433 e. The Morgan fingerprint density at radius 1 is 1.17 bits per heavy atom. The number of carbonyl (C=O) groups is 2. The zero-order valence-corrected chi connectivity index (χ0v) is 12.3. The average molecular weight is 335 g/mol. The van der Waals surface area contributed by atoms with Crippen LogP contribution in [0.3, 0.4) is 0 Å². The molecule has 2 amide bonds. The SMILES string of the molecule is Cc1ccc(-n2c(N)c3c(cc2=O)C(=O)NC3=O)c(OC(F)F)c1. The number of hydrogen-bond acceptors (Lipinski definition) is 5. The first-order valence-electron chi connectivity index (χ1n) is 6.76. The lowest BCUT2D eigenvalue weighted by Crippen LogP contribution is -2.24. The number of ether oxygens (including phenoxy) is 1. The Morgan fingerprint density at radius 3 is 2.54 bits per heavy atom. The highest BCUT2D eigenvalue weighted by Gasteiger charge is 2.32. The van der Waals surface area contributed by atoms with Crippen LogP contribution < -0.4 is 21.3 Å². The van der Waals surface area contributed by atoms with Crippen LogP contribution in [0.1, 0.15) is 26.3 Å². The number of nitrogens with zero attached hydrogens (tertiary/aromatic N) is 1. The molecule has 3 rings (SSSR count). The van der Waals surface area contributed by atoms with Crippen molar-refractivity contribution in [1.82, 2.24) is 9.88 Å². The van der Waals surface area contributed by atoms with Crippen molar-refractivity contribution >= 4 is 17.6 Å². The molecule has 2 heterocycles. The third-order valence-corrected chi connectivity index (χ3v) is 3.53. The van der Waals surface area contributed by atoms with E-state index in [1.165, 1.54) is 12.1 Å². The Hall–Kier alpha value is -3.23. The fourth-order valence-electron chi connectivity index (χ4n) is 2.52. The van der Waals surface area contributed by atoms with E-state index < -0.39 is 24.0 Å². The first kappa shape index (κ1) is 15.7.